The van der Waals surface area contributed by atoms with E-state index in [1.807, 2.05) is 0 Å². The van der Waals surface area contributed by atoms with E-state index >= 15 is 0 Å². The molecule has 17 heavy (non-hydrogen) atoms. The maximum atomic E-state index is 12.1. The van der Waals surface area contributed by atoms with Gasteiger partial charge in [-0.3, -0.25) is 0 Å². The van der Waals surface area contributed by atoms with Crippen molar-refractivity contribution >= 4 is 33.5 Å². The Morgan fingerprint density at radius 3 is 2.65 bits per heavy atom. The average Bonchev–Trinajstić information content (AvgIpc) is 2.30. The molecule has 0 bridgehead atoms. The van der Waals surface area contributed by atoms with E-state index in [1.54, 1.807) is 0 Å². The molecule has 7 heteroatoms. The van der Waals surface area contributed by atoms with Gasteiger partial charge in [0.15, 0.2) is 0 Å². The zero-order valence-corrected chi connectivity index (χ0v) is 11.0. The SMILES string of the molecule is COC(=O)c1c(CCl)ccc(OC(F)F)c1Br. The molecule has 0 heterocycles. The largest absolute Gasteiger partial charge is 0.465 e. The summed E-state index contributed by atoms with van der Waals surface area (Å²) in [7, 11) is 1.19. The first-order valence-corrected chi connectivity index (χ1v) is 5.74. The van der Waals surface area contributed by atoms with Gasteiger partial charge in [-0.15, -0.1) is 11.6 Å². The third-order valence-corrected chi connectivity index (χ3v) is 3.02. The number of alkyl halides is 3. The van der Waals surface area contributed by atoms with Crippen molar-refractivity contribution in [3.63, 3.8) is 0 Å². The third-order valence-electron chi connectivity index (χ3n) is 1.94. The Morgan fingerprint density at radius 1 is 1.53 bits per heavy atom. The second kappa shape index (κ2) is 6.16. The fraction of sp³-hybridized carbons (Fsp3) is 0.300. The molecule has 0 atom stereocenters. The summed E-state index contributed by atoms with van der Waals surface area (Å²) in [5.41, 5.74) is 0.549. The van der Waals surface area contributed by atoms with Gasteiger partial charge in [0.25, 0.3) is 0 Å². The van der Waals surface area contributed by atoms with E-state index in [0.717, 1.165) is 0 Å². The van der Waals surface area contributed by atoms with Crippen LogP contribution in [0.4, 0.5) is 8.78 Å². The zero-order valence-electron chi connectivity index (χ0n) is 8.68. The van der Waals surface area contributed by atoms with Gasteiger partial charge in [0.05, 0.1) is 17.1 Å². The van der Waals surface area contributed by atoms with Gasteiger partial charge in [-0.1, -0.05) is 6.07 Å². The van der Waals surface area contributed by atoms with Crippen LogP contribution in [0.2, 0.25) is 0 Å². The first kappa shape index (κ1) is 14.2. The lowest BCUT2D eigenvalue weighted by Gasteiger charge is -2.12. The molecular formula is C10H8BrClF2O3. The second-order valence-electron chi connectivity index (χ2n) is 2.92. The minimum Gasteiger partial charge on any atom is -0.465 e. The molecule has 1 aromatic rings. The lowest BCUT2D eigenvalue weighted by Crippen LogP contribution is -2.09. The number of hydrogen-bond donors (Lipinski definition) is 0. The highest BCUT2D eigenvalue weighted by atomic mass is 79.9. The van der Waals surface area contributed by atoms with Crippen molar-refractivity contribution in [2.24, 2.45) is 0 Å². The molecule has 3 nitrogen and oxygen atoms in total. The van der Waals surface area contributed by atoms with Crippen molar-refractivity contribution in [2.75, 3.05) is 7.11 Å². The molecule has 0 amide bonds. The summed E-state index contributed by atoms with van der Waals surface area (Å²) < 4.78 is 33.1. The maximum absolute atomic E-state index is 12.1. The topological polar surface area (TPSA) is 35.5 Å². The zero-order chi connectivity index (χ0) is 13.0. The normalized spacial score (nSPS) is 10.5. The van der Waals surface area contributed by atoms with Crippen LogP contribution >= 0.6 is 27.5 Å². The van der Waals surface area contributed by atoms with E-state index < -0.39 is 12.6 Å². The molecule has 0 fully saturated rings. The minimum atomic E-state index is -2.97. The Morgan fingerprint density at radius 2 is 2.18 bits per heavy atom. The van der Waals surface area contributed by atoms with E-state index in [-0.39, 0.29) is 21.7 Å². The Kier molecular flexibility index (Phi) is 5.14. The highest BCUT2D eigenvalue weighted by Crippen LogP contribution is 2.33. The number of hydrogen-bond acceptors (Lipinski definition) is 3. The van der Waals surface area contributed by atoms with Crippen molar-refractivity contribution in [3.8, 4) is 5.75 Å². The van der Waals surface area contributed by atoms with Crippen molar-refractivity contribution in [1.82, 2.24) is 0 Å². The van der Waals surface area contributed by atoms with E-state index in [1.165, 1.54) is 19.2 Å². The molecule has 0 saturated heterocycles. The Balaban J connectivity index is 3.27. The highest BCUT2D eigenvalue weighted by Gasteiger charge is 2.20. The summed E-state index contributed by atoms with van der Waals surface area (Å²) in [6, 6.07) is 2.74. The summed E-state index contributed by atoms with van der Waals surface area (Å²) in [5, 5.41) is 0. The number of methoxy groups -OCH3 is 1. The lowest BCUT2D eigenvalue weighted by molar-refractivity contribution is -0.0504. The molecule has 0 N–H and O–H groups in total. The quantitative estimate of drug-likeness (QED) is 0.626. The number of carbonyl (C=O) groups excluding carboxylic acids is 1. The molecule has 1 aromatic carbocycles. The first-order chi connectivity index (χ1) is 8.01. The van der Waals surface area contributed by atoms with Crippen molar-refractivity contribution in [1.29, 1.82) is 0 Å². The number of esters is 1. The number of ether oxygens (including phenoxy) is 2. The second-order valence-corrected chi connectivity index (χ2v) is 3.98. The van der Waals surface area contributed by atoms with Crippen LogP contribution in [0.15, 0.2) is 16.6 Å². The molecule has 0 radical (unpaired) electrons. The van der Waals surface area contributed by atoms with Crippen LogP contribution in [0.25, 0.3) is 0 Å². The molecular weight excluding hydrogens is 321 g/mol. The number of rotatable bonds is 4. The van der Waals surface area contributed by atoms with Crippen molar-refractivity contribution in [3.05, 3.63) is 27.7 Å². The summed E-state index contributed by atoms with van der Waals surface area (Å²) in [6.07, 6.45) is 0. The van der Waals surface area contributed by atoms with E-state index in [9.17, 15) is 13.6 Å². The Hall–Kier alpha value is -0.880. The number of halogens is 4. The van der Waals surface area contributed by atoms with Crippen LogP contribution < -0.4 is 4.74 Å². The van der Waals surface area contributed by atoms with E-state index in [0.29, 0.717) is 5.56 Å². The summed E-state index contributed by atoms with van der Waals surface area (Å²) in [4.78, 5) is 11.5. The fourth-order valence-electron chi connectivity index (χ4n) is 1.22. The van der Waals surface area contributed by atoms with E-state index in [2.05, 4.69) is 25.4 Å². The molecule has 0 saturated carbocycles. The van der Waals surface area contributed by atoms with Gasteiger partial charge in [-0.25, -0.2) is 4.79 Å². The molecule has 0 aliphatic rings. The molecule has 0 aromatic heterocycles. The lowest BCUT2D eigenvalue weighted by atomic mass is 10.1. The standard InChI is InChI=1S/C10H8BrClF2O3/c1-16-9(15)7-5(4-12)2-3-6(8(7)11)17-10(13)14/h2-3,10H,4H2,1H3. The predicted octanol–water partition coefficient (Wildman–Crippen LogP) is 3.58. The van der Waals surface area contributed by atoms with Gasteiger partial charge in [0.2, 0.25) is 0 Å². The third kappa shape index (κ3) is 3.29. The fourth-order valence-corrected chi connectivity index (χ4v) is 2.08. The summed E-state index contributed by atoms with van der Waals surface area (Å²) >= 11 is 8.67. The Labute approximate surface area is 110 Å². The van der Waals surface area contributed by atoms with Gasteiger partial charge in [0.1, 0.15) is 5.75 Å². The monoisotopic (exact) mass is 328 g/mol. The molecule has 1 rings (SSSR count). The molecule has 0 unspecified atom stereocenters. The minimum absolute atomic E-state index is 0.0536. The molecule has 0 aliphatic heterocycles. The summed E-state index contributed by atoms with van der Waals surface area (Å²) in [5.74, 6) is -0.764. The number of benzene rings is 1. The van der Waals surface area contributed by atoms with Gasteiger partial charge in [-0.2, -0.15) is 8.78 Å². The van der Waals surface area contributed by atoms with Crippen LogP contribution in [-0.4, -0.2) is 19.7 Å². The van der Waals surface area contributed by atoms with Gasteiger partial charge in [0, 0.05) is 5.88 Å². The maximum Gasteiger partial charge on any atom is 0.387 e. The average molecular weight is 330 g/mol. The van der Waals surface area contributed by atoms with Crippen LogP contribution in [0.3, 0.4) is 0 Å². The van der Waals surface area contributed by atoms with Crippen molar-refractivity contribution in [2.45, 2.75) is 12.5 Å². The van der Waals surface area contributed by atoms with Crippen LogP contribution in [0, 0.1) is 0 Å². The molecule has 0 spiro atoms. The van der Waals surface area contributed by atoms with Crippen LogP contribution in [0.5, 0.6) is 5.75 Å². The molecule has 0 aliphatic carbocycles. The van der Waals surface area contributed by atoms with E-state index in [4.69, 9.17) is 11.6 Å². The predicted molar refractivity (Wildman–Crippen MR) is 61.7 cm³/mol. The number of carbonyl (C=O) groups is 1. The smallest absolute Gasteiger partial charge is 0.387 e. The first-order valence-electron chi connectivity index (χ1n) is 4.41. The van der Waals surface area contributed by atoms with Crippen molar-refractivity contribution < 1.29 is 23.0 Å². The van der Waals surface area contributed by atoms with Gasteiger partial charge >= 0.3 is 12.6 Å². The van der Waals surface area contributed by atoms with Crippen LogP contribution in [0.1, 0.15) is 15.9 Å². The van der Waals surface area contributed by atoms with Crippen LogP contribution in [-0.2, 0) is 10.6 Å². The Bertz CT molecular complexity index is 426. The van der Waals surface area contributed by atoms with Gasteiger partial charge in [-0.05, 0) is 27.6 Å². The van der Waals surface area contributed by atoms with Gasteiger partial charge < -0.3 is 9.47 Å². The summed E-state index contributed by atoms with van der Waals surface area (Å²) in [6.45, 7) is -2.97. The highest BCUT2D eigenvalue weighted by molar-refractivity contribution is 9.10. The molecule has 94 valence electrons.